The monoisotopic (exact) mass is 337 g/mol. The SMILES string of the molecule is CC1CCCN(Cc2ccc(NC(=O)C3CC(F)(F)CN3)cc2)C1. The molecule has 3 rings (SSSR count). The van der Waals surface area contributed by atoms with Crippen molar-refractivity contribution in [2.75, 3.05) is 25.0 Å². The number of rotatable bonds is 4. The zero-order chi connectivity index (χ0) is 17.2. The molecule has 0 aliphatic carbocycles. The minimum Gasteiger partial charge on any atom is -0.325 e. The number of nitrogens with zero attached hydrogens (tertiary/aromatic N) is 1. The van der Waals surface area contributed by atoms with Crippen molar-refractivity contribution in [3.8, 4) is 0 Å². The van der Waals surface area contributed by atoms with Crippen LogP contribution in [-0.4, -0.2) is 42.4 Å². The molecule has 0 bridgehead atoms. The maximum Gasteiger partial charge on any atom is 0.262 e. The molecule has 4 nitrogen and oxygen atoms in total. The van der Waals surface area contributed by atoms with E-state index < -0.39 is 30.8 Å². The van der Waals surface area contributed by atoms with Gasteiger partial charge < -0.3 is 5.32 Å². The number of nitrogens with one attached hydrogen (secondary N) is 2. The van der Waals surface area contributed by atoms with E-state index in [9.17, 15) is 13.6 Å². The molecule has 1 amide bonds. The number of likely N-dealkylation sites (tertiary alicyclic amines) is 1. The fourth-order valence-electron chi connectivity index (χ4n) is 3.51. The van der Waals surface area contributed by atoms with Crippen molar-refractivity contribution in [3.63, 3.8) is 0 Å². The number of hydrogen-bond donors (Lipinski definition) is 2. The molecule has 2 atom stereocenters. The summed E-state index contributed by atoms with van der Waals surface area (Å²) in [5.74, 6) is -2.45. The Balaban J connectivity index is 1.52. The van der Waals surface area contributed by atoms with Crippen LogP contribution in [0, 0.1) is 5.92 Å². The van der Waals surface area contributed by atoms with Crippen LogP contribution in [0.25, 0.3) is 0 Å². The van der Waals surface area contributed by atoms with E-state index in [1.807, 2.05) is 24.3 Å². The van der Waals surface area contributed by atoms with Crippen molar-refractivity contribution in [2.24, 2.45) is 5.92 Å². The van der Waals surface area contributed by atoms with Crippen LogP contribution >= 0.6 is 0 Å². The summed E-state index contributed by atoms with van der Waals surface area (Å²) in [6.07, 6.45) is 2.11. The van der Waals surface area contributed by atoms with Gasteiger partial charge in [0.15, 0.2) is 0 Å². The van der Waals surface area contributed by atoms with Crippen LogP contribution < -0.4 is 10.6 Å². The summed E-state index contributed by atoms with van der Waals surface area (Å²) >= 11 is 0. The summed E-state index contributed by atoms with van der Waals surface area (Å²) in [5.41, 5.74) is 1.85. The second kappa shape index (κ2) is 7.15. The van der Waals surface area contributed by atoms with Gasteiger partial charge in [-0.05, 0) is 43.0 Å². The molecule has 0 radical (unpaired) electrons. The molecular weight excluding hydrogens is 312 g/mol. The van der Waals surface area contributed by atoms with E-state index in [0.717, 1.165) is 25.6 Å². The molecule has 132 valence electrons. The number of hydrogen-bond acceptors (Lipinski definition) is 3. The molecule has 0 aromatic heterocycles. The highest BCUT2D eigenvalue weighted by molar-refractivity contribution is 5.95. The second-order valence-electron chi connectivity index (χ2n) is 7.16. The van der Waals surface area contributed by atoms with Crippen molar-refractivity contribution in [1.82, 2.24) is 10.2 Å². The fraction of sp³-hybridized carbons (Fsp3) is 0.611. The molecule has 24 heavy (non-hydrogen) atoms. The normalized spacial score (nSPS) is 27.1. The van der Waals surface area contributed by atoms with Crippen LogP contribution in [0.5, 0.6) is 0 Å². The minimum absolute atomic E-state index is 0.398. The van der Waals surface area contributed by atoms with Crippen LogP contribution in [0.15, 0.2) is 24.3 Å². The van der Waals surface area contributed by atoms with Gasteiger partial charge in [0.1, 0.15) is 0 Å². The third-order valence-electron chi connectivity index (χ3n) is 4.80. The molecule has 2 aliphatic rings. The Hall–Kier alpha value is -1.53. The van der Waals surface area contributed by atoms with E-state index in [1.165, 1.54) is 18.4 Å². The Morgan fingerprint density at radius 1 is 1.38 bits per heavy atom. The largest absolute Gasteiger partial charge is 0.325 e. The number of alkyl halides is 2. The summed E-state index contributed by atoms with van der Waals surface area (Å²) in [6, 6.07) is 6.84. The van der Waals surface area contributed by atoms with Gasteiger partial charge in [-0.15, -0.1) is 0 Å². The van der Waals surface area contributed by atoms with Gasteiger partial charge in [0.2, 0.25) is 5.91 Å². The van der Waals surface area contributed by atoms with E-state index >= 15 is 0 Å². The molecular formula is C18H25F2N3O. The topological polar surface area (TPSA) is 44.4 Å². The average molecular weight is 337 g/mol. The molecule has 2 aliphatic heterocycles. The van der Waals surface area contributed by atoms with Crippen molar-refractivity contribution < 1.29 is 13.6 Å². The fourth-order valence-corrected chi connectivity index (χ4v) is 3.51. The summed E-state index contributed by atoms with van der Waals surface area (Å²) in [4.78, 5) is 14.5. The smallest absolute Gasteiger partial charge is 0.262 e. The van der Waals surface area contributed by atoms with Crippen molar-refractivity contribution in [2.45, 2.75) is 44.7 Å². The third-order valence-corrected chi connectivity index (χ3v) is 4.80. The van der Waals surface area contributed by atoms with Gasteiger partial charge in [-0.25, -0.2) is 8.78 Å². The predicted octanol–water partition coefficient (Wildman–Crippen LogP) is 2.85. The molecule has 2 heterocycles. The first kappa shape index (κ1) is 17.3. The molecule has 0 spiro atoms. The second-order valence-corrected chi connectivity index (χ2v) is 7.16. The van der Waals surface area contributed by atoms with E-state index in [4.69, 9.17) is 0 Å². The van der Waals surface area contributed by atoms with Gasteiger partial charge in [0.05, 0.1) is 12.6 Å². The number of carbonyl (C=O) groups is 1. The maximum absolute atomic E-state index is 13.1. The van der Waals surface area contributed by atoms with E-state index in [2.05, 4.69) is 22.5 Å². The van der Waals surface area contributed by atoms with Gasteiger partial charge in [0.25, 0.3) is 5.92 Å². The van der Waals surface area contributed by atoms with Gasteiger partial charge >= 0.3 is 0 Å². The molecule has 2 N–H and O–H groups in total. The number of anilines is 1. The minimum atomic E-state index is -2.79. The first-order valence-corrected chi connectivity index (χ1v) is 8.65. The van der Waals surface area contributed by atoms with Crippen molar-refractivity contribution >= 4 is 11.6 Å². The molecule has 2 fully saturated rings. The number of halogens is 2. The van der Waals surface area contributed by atoms with E-state index in [0.29, 0.717) is 5.69 Å². The predicted molar refractivity (Wildman–Crippen MR) is 90.1 cm³/mol. The first-order valence-electron chi connectivity index (χ1n) is 8.65. The van der Waals surface area contributed by atoms with Crippen LogP contribution in [0.4, 0.5) is 14.5 Å². The highest BCUT2D eigenvalue weighted by Gasteiger charge is 2.42. The zero-order valence-corrected chi connectivity index (χ0v) is 14.0. The van der Waals surface area contributed by atoms with E-state index in [1.54, 1.807) is 0 Å². The number of carbonyl (C=O) groups excluding carboxylic acids is 1. The standard InChI is InChI=1S/C18H25F2N3O/c1-13-3-2-8-23(10-13)11-14-4-6-15(7-5-14)22-17(24)16-9-18(19,20)12-21-16/h4-7,13,16,21H,2-3,8-12H2,1H3,(H,22,24). The molecule has 0 saturated carbocycles. The number of piperidine rings is 1. The Morgan fingerprint density at radius 2 is 2.12 bits per heavy atom. The van der Waals surface area contributed by atoms with Crippen LogP contribution in [0.1, 0.15) is 31.7 Å². The van der Waals surface area contributed by atoms with Crippen LogP contribution in [-0.2, 0) is 11.3 Å². The lowest BCUT2D eigenvalue weighted by atomic mass is 10.00. The van der Waals surface area contributed by atoms with Crippen molar-refractivity contribution in [3.05, 3.63) is 29.8 Å². The lowest BCUT2D eigenvalue weighted by Gasteiger charge is -2.30. The molecule has 2 saturated heterocycles. The van der Waals surface area contributed by atoms with Gasteiger partial charge in [0, 0.05) is 25.2 Å². The van der Waals surface area contributed by atoms with Gasteiger partial charge in [-0.2, -0.15) is 0 Å². The highest BCUT2D eigenvalue weighted by atomic mass is 19.3. The molecule has 6 heteroatoms. The van der Waals surface area contributed by atoms with Gasteiger partial charge in [-0.1, -0.05) is 19.1 Å². The Kier molecular flexibility index (Phi) is 5.15. The zero-order valence-electron chi connectivity index (χ0n) is 14.0. The van der Waals surface area contributed by atoms with Crippen LogP contribution in [0.2, 0.25) is 0 Å². The molecule has 1 aromatic carbocycles. The summed E-state index contributed by atoms with van der Waals surface area (Å²) < 4.78 is 26.3. The third kappa shape index (κ3) is 4.51. The quantitative estimate of drug-likeness (QED) is 0.888. The Labute approximate surface area is 141 Å². The molecule has 1 aromatic rings. The number of amides is 1. The maximum atomic E-state index is 13.1. The lowest BCUT2D eigenvalue weighted by molar-refractivity contribution is -0.118. The average Bonchev–Trinajstić information content (AvgIpc) is 2.90. The highest BCUT2D eigenvalue weighted by Crippen LogP contribution is 2.26. The first-order chi connectivity index (χ1) is 11.4. The molecule has 2 unspecified atom stereocenters. The Bertz CT molecular complexity index is 576. The van der Waals surface area contributed by atoms with Crippen LogP contribution in [0.3, 0.4) is 0 Å². The van der Waals surface area contributed by atoms with Gasteiger partial charge in [-0.3, -0.25) is 15.0 Å². The van der Waals surface area contributed by atoms with E-state index in [-0.39, 0.29) is 0 Å². The summed E-state index contributed by atoms with van der Waals surface area (Å²) in [5, 5.41) is 5.28. The summed E-state index contributed by atoms with van der Waals surface area (Å²) in [7, 11) is 0. The lowest BCUT2D eigenvalue weighted by Crippen LogP contribution is -2.35. The summed E-state index contributed by atoms with van der Waals surface area (Å²) in [6.45, 7) is 5.02. The Morgan fingerprint density at radius 3 is 2.75 bits per heavy atom. The number of benzene rings is 1. The van der Waals surface area contributed by atoms with Crippen molar-refractivity contribution in [1.29, 1.82) is 0 Å².